The van der Waals surface area contributed by atoms with Crippen molar-refractivity contribution in [3.8, 4) is 0 Å². The van der Waals surface area contributed by atoms with Gasteiger partial charge in [0.05, 0.1) is 6.42 Å². The molecule has 0 saturated heterocycles. The van der Waals surface area contributed by atoms with Crippen molar-refractivity contribution in [2.75, 3.05) is 11.9 Å². The molecule has 0 aliphatic rings. The lowest BCUT2D eigenvalue weighted by Crippen LogP contribution is -2.53. The van der Waals surface area contributed by atoms with Crippen LogP contribution in [0.4, 0.5) is 10.5 Å². The highest BCUT2D eigenvalue weighted by atomic mass is 16.6. The topological polar surface area (TPSA) is 131 Å². The van der Waals surface area contributed by atoms with Crippen molar-refractivity contribution in [2.45, 2.75) is 44.9 Å². The van der Waals surface area contributed by atoms with Gasteiger partial charge in [-0.25, -0.2) is 4.79 Å². The van der Waals surface area contributed by atoms with Gasteiger partial charge in [0.15, 0.2) is 0 Å². The maximum Gasteiger partial charge on any atom is 0.408 e. The fourth-order valence-electron chi connectivity index (χ4n) is 4.32. The second-order valence-electron chi connectivity index (χ2n) is 10.5. The first-order chi connectivity index (χ1) is 19.4. The normalized spacial score (nSPS) is 12.5. The summed E-state index contributed by atoms with van der Waals surface area (Å²) in [7, 11) is 0. The molecule has 0 aromatic heterocycles. The number of nitrogens with two attached hydrogens (primary N) is 1. The van der Waals surface area contributed by atoms with Crippen LogP contribution in [0.2, 0.25) is 0 Å². The Morgan fingerprint density at radius 3 is 2.32 bits per heavy atom. The van der Waals surface area contributed by atoms with Crippen LogP contribution in [0, 0.1) is 0 Å². The molecule has 0 radical (unpaired) electrons. The number of rotatable bonds is 11. The van der Waals surface area contributed by atoms with E-state index in [1.165, 1.54) is 11.0 Å². The zero-order valence-corrected chi connectivity index (χ0v) is 23.6. The number of alkyl carbamates (subject to hydrolysis) is 1. The quantitative estimate of drug-likeness (QED) is 0.288. The third-order valence-corrected chi connectivity index (χ3v) is 6.04. The van der Waals surface area contributed by atoms with E-state index in [2.05, 4.69) is 23.8 Å². The number of carbonyl (C=O) groups excluding carboxylic acids is 4. The second kappa shape index (κ2) is 13.4. The lowest BCUT2D eigenvalue weighted by Gasteiger charge is -2.33. The molecule has 9 nitrogen and oxygen atoms in total. The SMILES string of the molecule is C=CCN(C(=O)C(CC(N)=O)NC(=O)OC(C)(C)C)C(C(=O)Nc1ccc2ccccc2c1)c1cccc(C=C)c1. The van der Waals surface area contributed by atoms with Gasteiger partial charge in [0.1, 0.15) is 17.7 Å². The third-order valence-electron chi connectivity index (χ3n) is 6.04. The average molecular weight is 557 g/mol. The number of anilines is 1. The molecule has 0 aliphatic heterocycles. The summed E-state index contributed by atoms with van der Waals surface area (Å²) in [4.78, 5) is 53.7. The van der Waals surface area contributed by atoms with E-state index in [0.29, 0.717) is 11.3 Å². The van der Waals surface area contributed by atoms with Crippen molar-refractivity contribution >= 4 is 46.4 Å². The Bertz CT molecular complexity index is 1460. The first kappa shape index (κ1) is 30.6. The zero-order chi connectivity index (χ0) is 30.2. The van der Waals surface area contributed by atoms with Gasteiger partial charge in [-0.1, -0.05) is 67.3 Å². The molecule has 3 aromatic rings. The molecule has 41 heavy (non-hydrogen) atoms. The number of hydrogen-bond donors (Lipinski definition) is 3. The number of benzene rings is 3. The number of hydrogen-bond acceptors (Lipinski definition) is 5. The predicted molar refractivity (Wildman–Crippen MR) is 161 cm³/mol. The number of fused-ring (bicyclic) bond motifs is 1. The van der Waals surface area contributed by atoms with Gasteiger partial charge in [0, 0.05) is 12.2 Å². The molecule has 0 bridgehead atoms. The van der Waals surface area contributed by atoms with Crippen LogP contribution in [0.1, 0.15) is 44.4 Å². The molecular weight excluding hydrogens is 520 g/mol. The Balaban J connectivity index is 2.04. The fourth-order valence-corrected chi connectivity index (χ4v) is 4.32. The largest absolute Gasteiger partial charge is 0.444 e. The summed E-state index contributed by atoms with van der Waals surface area (Å²) < 4.78 is 5.29. The van der Waals surface area contributed by atoms with E-state index in [4.69, 9.17) is 10.5 Å². The van der Waals surface area contributed by atoms with Gasteiger partial charge < -0.3 is 26.0 Å². The molecule has 0 aliphatic carbocycles. The third kappa shape index (κ3) is 8.53. The molecule has 3 rings (SSSR count). The maximum absolute atomic E-state index is 14.0. The van der Waals surface area contributed by atoms with Gasteiger partial charge in [-0.05, 0) is 60.9 Å². The van der Waals surface area contributed by atoms with Crippen molar-refractivity contribution in [1.82, 2.24) is 10.2 Å². The van der Waals surface area contributed by atoms with Crippen LogP contribution in [0.15, 0.2) is 86.0 Å². The fraction of sp³-hybridized carbons (Fsp3) is 0.250. The minimum Gasteiger partial charge on any atom is -0.444 e. The summed E-state index contributed by atoms with van der Waals surface area (Å²) in [6, 6.07) is 17.7. The molecular formula is C32H36N4O5. The number of ether oxygens (including phenoxy) is 1. The Morgan fingerprint density at radius 2 is 1.68 bits per heavy atom. The van der Waals surface area contributed by atoms with Crippen LogP contribution in [0.5, 0.6) is 0 Å². The molecule has 4 amide bonds. The summed E-state index contributed by atoms with van der Waals surface area (Å²) in [6.45, 7) is 12.5. The summed E-state index contributed by atoms with van der Waals surface area (Å²) in [5.41, 5.74) is 6.34. The van der Waals surface area contributed by atoms with Crippen LogP contribution >= 0.6 is 0 Å². The minimum atomic E-state index is -1.39. The molecule has 0 fully saturated rings. The number of amides is 4. The van der Waals surface area contributed by atoms with Crippen LogP contribution < -0.4 is 16.4 Å². The van der Waals surface area contributed by atoms with E-state index in [1.54, 1.807) is 51.1 Å². The monoisotopic (exact) mass is 556 g/mol. The van der Waals surface area contributed by atoms with E-state index in [1.807, 2.05) is 42.5 Å². The molecule has 9 heteroatoms. The van der Waals surface area contributed by atoms with Crippen LogP contribution in [-0.2, 0) is 19.1 Å². The molecule has 214 valence electrons. The number of nitrogens with zero attached hydrogens (tertiary/aromatic N) is 1. The molecule has 0 spiro atoms. The van der Waals surface area contributed by atoms with Crippen LogP contribution in [0.3, 0.4) is 0 Å². The van der Waals surface area contributed by atoms with Crippen molar-refractivity contribution in [3.63, 3.8) is 0 Å². The van der Waals surface area contributed by atoms with Crippen molar-refractivity contribution in [1.29, 1.82) is 0 Å². The minimum absolute atomic E-state index is 0.0712. The van der Waals surface area contributed by atoms with E-state index in [9.17, 15) is 19.2 Å². The van der Waals surface area contributed by atoms with Crippen molar-refractivity contribution < 1.29 is 23.9 Å². The van der Waals surface area contributed by atoms with Crippen LogP contribution in [-0.4, -0.2) is 46.9 Å². The Hall–Kier alpha value is -4.92. The molecule has 2 atom stereocenters. The summed E-state index contributed by atoms with van der Waals surface area (Å²) in [5, 5.41) is 7.30. The molecule has 4 N–H and O–H groups in total. The zero-order valence-electron chi connectivity index (χ0n) is 23.6. The molecule has 2 unspecified atom stereocenters. The van der Waals surface area contributed by atoms with Gasteiger partial charge in [0.2, 0.25) is 11.8 Å². The molecule has 0 saturated carbocycles. The van der Waals surface area contributed by atoms with Gasteiger partial charge in [0.25, 0.3) is 5.91 Å². The Labute approximate surface area is 240 Å². The number of primary amides is 1. The van der Waals surface area contributed by atoms with Crippen molar-refractivity contribution in [2.24, 2.45) is 5.73 Å². The highest BCUT2D eigenvalue weighted by Crippen LogP contribution is 2.27. The standard InChI is InChI=1S/C32H36N4O5/c1-6-17-36(30(39)26(20-27(33)37)35-31(40)41-32(3,4)5)28(24-14-10-11-21(7-2)18-24)29(38)34-25-16-15-22-12-8-9-13-23(22)19-25/h6-16,18-19,26,28H,1-2,17,20H2,3-5H3,(H2,33,37)(H,34,38)(H,35,40). The lowest BCUT2D eigenvalue weighted by molar-refractivity contribution is -0.141. The van der Waals surface area contributed by atoms with E-state index < -0.39 is 47.9 Å². The van der Waals surface area contributed by atoms with Gasteiger partial charge >= 0.3 is 6.09 Å². The van der Waals surface area contributed by atoms with Crippen molar-refractivity contribution in [3.05, 3.63) is 97.1 Å². The lowest BCUT2D eigenvalue weighted by atomic mass is 9.99. The first-order valence-corrected chi connectivity index (χ1v) is 13.1. The predicted octanol–water partition coefficient (Wildman–Crippen LogP) is 4.95. The Kier molecular flexibility index (Phi) is 10.0. The summed E-state index contributed by atoms with van der Waals surface area (Å²) in [6.07, 6.45) is 1.68. The van der Waals surface area contributed by atoms with Crippen LogP contribution in [0.25, 0.3) is 16.8 Å². The number of carbonyl (C=O) groups is 4. The average Bonchev–Trinajstić information content (AvgIpc) is 2.90. The smallest absolute Gasteiger partial charge is 0.408 e. The van der Waals surface area contributed by atoms with E-state index in [-0.39, 0.29) is 6.54 Å². The first-order valence-electron chi connectivity index (χ1n) is 13.1. The molecule has 0 heterocycles. The van der Waals surface area contributed by atoms with Gasteiger partial charge in [-0.3, -0.25) is 14.4 Å². The second-order valence-corrected chi connectivity index (χ2v) is 10.5. The number of nitrogens with one attached hydrogen (secondary N) is 2. The summed E-state index contributed by atoms with van der Waals surface area (Å²) >= 11 is 0. The highest BCUT2D eigenvalue weighted by Gasteiger charge is 2.36. The Morgan fingerprint density at radius 1 is 0.976 bits per heavy atom. The highest BCUT2D eigenvalue weighted by molar-refractivity contribution is 6.01. The molecule has 3 aromatic carbocycles. The van der Waals surface area contributed by atoms with E-state index >= 15 is 0 Å². The van der Waals surface area contributed by atoms with Gasteiger partial charge in [-0.2, -0.15) is 0 Å². The summed E-state index contributed by atoms with van der Waals surface area (Å²) in [5.74, 6) is -2.03. The van der Waals surface area contributed by atoms with E-state index in [0.717, 1.165) is 16.3 Å². The maximum atomic E-state index is 14.0. The van der Waals surface area contributed by atoms with Gasteiger partial charge in [-0.15, -0.1) is 6.58 Å².